The van der Waals surface area contributed by atoms with Gasteiger partial charge >= 0.3 is 0 Å². The van der Waals surface area contributed by atoms with Crippen molar-refractivity contribution < 1.29 is 4.79 Å². The van der Waals surface area contributed by atoms with Crippen LogP contribution < -0.4 is 11.1 Å². The van der Waals surface area contributed by atoms with Crippen LogP contribution in [0, 0.1) is 0 Å². The van der Waals surface area contributed by atoms with Gasteiger partial charge in [-0.25, -0.2) is 9.97 Å². The van der Waals surface area contributed by atoms with Crippen LogP contribution in [0.2, 0.25) is 0 Å². The quantitative estimate of drug-likeness (QED) is 0.391. The van der Waals surface area contributed by atoms with E-state index in [0.29, 0.717) is 30.0 Å². The normalized spacial score (nSPS) is 20.7. The molecule has 2 aromatic heterocycles. The van der Waals surface area contributed by atoms with Crippen molar-refractivity contribution in [1.82, 2.24) is 29.7 Å². The maximum atomic E-state index is 12.4. The number of aromatic nitrogens is 3. The number of rotatable bonds is 6. The zero-order valence-electron chi connectivity index (χ0n) is 22.6. The number of hydrogen-bond acceptors (Lipinski definition) is 6. The first-order chi connectivity index (χ1) is 19.1. The lowest BCUT2D eigenvalue weighted by Crippen LogP contribution is -2.49. The zero-order chi connectivity index (χ0) is 26.8. The fourth-order valence-electron chi connectivity index (χ4n) is 6.17. The third kappa shape index (κ3) is 5.40. The van der Waals surface area contributed by atoms with E-state index in [4.69, 9.17) is 5.73 Å². The maximum absolute atomic E-state index is 12.4. The molecule has 0 radical (unpaired) electrons. The molecule has 0 bridgehead atoms. The lowest BCUT2D eigenvalue weighted by atomic mass is 9.89. The molecule has 2 fully saturated rings. The van der Waals surface area contributed by atoms with Gasteiger partial charge in [0, 0.05) is 62.1 Å². The van der Waals surface area contributed by atoms with Crippen LogP contribution >= 0.6 is 0 Å². The van der Waals surface area contributed by atoms with E-state index in [1.165, 1.54) is 39.0 Å². The van der Waals surface area contributed by atoms with Crippen molar-refractivity contribution in [3.05, 3.63) is 78.2 Å². The van der Waals surface area contributed by atoms with Gasteiger partial charge in [-0.2, -0.15) is 0 Å². The summed E-state index contributed by atoms with van der Waals surface area (Å²) in [5, 5.41) is 3.92. The summed E-state index contributed by atoms with van der Waals surface area (Å²) in [7, 11) is 2.22. The number of carbonyl (C=O) groups excluding carboxylic acids is 1. The zero-order valence-corrected chi connectivity index (χ0v) is 22.6. The van der Waals surface area contributed by atoms with E-state index in [1.807, 2.05) is 30.3 Å². The van der Waals surface area contributed by atoms with E-state index >= 15 is 0 Å². The molecule has 6 rings (SSSR count). The Balaban J connectivity index is 1.18. The largest absolute Gasteiger partial charge is 0.383 e. The molecule has 1 amide bonds. The van der Waals surface area contributed by atoms with Gasteiger partial charge in [-0.3, -0.25) is 9.69 Å². The van der Waals surface area contributed by atoms with Crippen molar-refractivity contribution >= 4 is 22.8 Å². The van der Waals surface area contributed by atoms with Gasteiger partial charge < -0.3 is 20.5 Å². The van der Waals surface area contributed by atoms with Gasteiger partial charge in [0.05, 0.1) is 5.39 Å². The molecule has 1 aliphatic carbocycles. The second-order valence-corrected chi connectivity index (χ2v) is 11.0. The number of fused-ring (bicyclic) bond motifs is 1. The Morgan fingerprint density at radius 2 is 1.62 bits per heavy atom. The lowest BCUT2D eigenvalue weighted by Gasteiger charge is -2.41. The van der Waals surface area contributed by atoms with Crippen LogP contribution in [0.1, 0.15) is 47.6 Å². The van der Waals surface area contributed by atoms with Crippen LogP contribution in [0.4, 0.5) is 5.82 Å². The highest BCUT2D eigenvalue weighted by Crippen LogP contribution is 2.39. The summed E-state index contributed by atoms with van der Waals surface area (Å²) < 4.78 is 2.34. The van der Waals surface area contributed by atoms with Crippen LogP contribution in [-0.2, 0) is 6.54 Å². The summed E-state index contributed by atoms with van der Waals surface area (Å²) in [6.07, 6.45) is 8.52. The SMILES string of the molecule is CN1CCN([C@H]2CC[C@H](n3cc(-c4ccc(CNC(=O)c5ccccc5)cc4)c4c(N)ncnc43)CC2)CC1. The topological polar surface area (TPSA) is 92.3 Å². The molecule has 3 N–H and O–H groups in total. The van der Waals surface area contributed by atoms with Crippen molar-refractivity contribution in [1.29, 1.82) is 0 Å². The first-order valence-electron chi connectivity index (χ1n) is 14.0. The summed E-state index contributed by atoms with van der Waals surface area (Å²) >= 11 is 0. The van der Waals surface area contributed by atoms with Gasteiger partial charge in [-0.05, 0) is 56.0 Å². The molecule has 0 unspecified atom stereocenters. The Kier molecular flexibility index (Phi) is 7.30. The Morgan fingerprint density at radius 1 is 0.923 bits per heavy atom. The highest BCUT2D eigenvalue weighted by molar-refractivity contribution is 6.00. The summed E-state index contributed by atoms with van der Waals surface area (Å²) in [5.41, 5.74) is 11.2. The van der Waals surface area contributed by atoms with Crippen molar-refractivity contribution in [3.63, 3.8) is 0 Å². The van der Waals surface area contributed by atoms with Crippen molar-refractivity contribution in [2.24, 2.45) is 0 Å². The molecule has 3 heterocycles. The monoisotopic (exact) mass is 523 g/mol. The van der Waals surface area contributed by atoms with Gasteiger partial charge in [0.25, 0.3) is 5.91 Å². The van der Waals surface area contributed by atoms with E-state index in [0.717, 1.165) is 40.6 Å². The van der Waals surface area contributed by atoms with Crippen LogP contribution in [0.25, 0.3) is 22.2 Å². The number of amides is 1. The van der Waals surface area contributed by atoms with Gasteiger partial charge in [0.15, 0.2) is 0 Å². The van der Waals surface area contributed by atoms with Crippen molar-refractivity contribution in [2.75, 3.05) is 39.0 Å². The minimum atomic E-state index is -0.0741. The molecule has 39 heavy (non-hydrogen) atoms. The Hall–Kier alpha value is -3.75. The second kappa shape index (κ2) is 11.2. The fourth-order valence-corrected chi connectivity index (χ4v) is 6.17. The number of benzene rings is 2. The molecule has 202 valence electrons. The molecule has 4 aromatic rings. The molecular formula is C31H37N7O. The number of likely N-dealkylation sites (N-methyl/N-ethyl adjacent to an activating group) is 1. The van der Waals surface area contributed by atoms with E-state index in [2.05, 4.69) is 67.2 Å². The van der Waals surface area contributed by atoms with Crippen molar-refractivity contribution in [3.8, 4) is 11.1 Å². The van der Waals surface area contributed by atoms with E-state index in [-0.39, 0.29) is 5.91 Å². The summed E-state index contributed by atoms with van der Waals surface area (Å²) in [5.74, 6) is 0.439. The predicted molar refractivity (Wildman–Crippen MR) is 155 cm³/mol. The van der Waals surface area contributed by atoms with Crippen LogP contribution in [0.3, 0.4) is 0 Å². The fraction of sp³-hybridized carbons (Fsp3) is 0.387. The number of anilines is 1. The van der Waals surface area contributed by atoms with Gasteiger partial charge in [0.1, 0.15) is 17.8 Å². The van der Waals surface area contributed by atoms with Gasteiger partial charge in [-0.15, -0.1) is 0 Å². The molecule has 2 aliphatic rings. The maximum Gasteiger partial charge on any atom is 0.251 e. The van der Waals surface area contributed by atoms with Crippen LogP contribution in [-0.4, -0.2) is 69.5 Å². The van der Waals surface area contributed by atoms with E-state index < -0.39 is 0 Å². The van der Waals surface area contributed by atoms with Gasteiger partial charge in [0.2, 0.25) is 0 Å². The number of piperazine rings is 1. The average Bonchev–Trinajstić information content (AvgIpc) is 3.38. The first-order valence-corrected chi connectivity index (χ1v) is 14.0. The minimum absolute atomic E-state index is 0.0741. The third-order valence-corrected chi connectivity index (χ3v) is 8.51. The standard InChI is InChI=1S/C31H37N7O/c1-36-15-17-37(18-16-36)25-11-13-26(14-12-25)38-20-27(28-29(32)34-21-35-30(28)38)23-9-7-22(8-10-23)19-33-31(39)24-5-3-2-4-6-24/h2-10,20-21,25-26H,11-19H2,1H3,(H,33,39)(H2,32,34,35)/t25-,26-. The Bertz CT molecular complexity index is 1420. The molecule has 0 atom stereocenters. The second-order valence-electron chi connectivity index (χ2n) is 11.0. The van der Waals surface area contributed by atoms with Crippen LogP contribution in [0.15, 0.2) is 67.1 Å². The number of nitrogens with one attached hydrogen (secondary N) is 1. The molecule has 1 aliphatic heterocycles. The highest BCUT2D eigenvalue weighted by atomic mass is 16.1. The number of nitrogens with two attached hydrogens (primary N) is 1. The lowest BCUT2D eigenvalue weighted by molar-refractivity contribution is 0.0828. The third-order valence-electron chi connectivity index (χ3n) is 8.51. The summed E-state index contributed by atoms with van der Waals surface area (Å²) in [6, 6.07) is 18.7. The Morgan fingerprint density at radius 3 is 2.33 bits per heavy atom. The summed E-state index contributed by atoms with van der Waals surface area (Å²) in [4.78, 5) is 26.5. The van der Waals surface area contributed by atoms with E-state index in [9.17, 15) is 4.79 Å². The molecule has 1 saturated carbocycles. The van der Waals surface area contributed by atoms with Crippen LogP contribution in [0.5, 0.6) is 0 Å². The molecule has 8 nitrogen and oxygen atoms in total. The number of hydrogen-bond donors (Lipinski definition) is 2. The number of carbonyl (C=O) groups is 1. The summed E-state index contributed by atoms with van der Waals surface area (Å²) in [6.45, 7) is 5.16. The first kappa shape index (κ1) is 25.5. The number of nitrogens with zero attached hydrogens (tertiary/aromatic N) is 5. The van der Waals surface area contributed by atoms with Crippen molar-refractivity contribution in [2.45, 2.75) is 44.3 Å². The Labute approximate surface area is 229 Å². The molecular weight excluding hydrogens is 486 g/mol. The molecule has 2 aromatic carbocycles. The number of nitrogen functional groups attached to an aromatic ring is 1. The average molecular weight is 524 g/mol. The highest BCUT2D eigenvalue weighted by Gasteiger charge is 2.30. The molecule has 8 heteroatoms. The minimum Gasteiger partial charge on any atom is -0.383 e. The van der Waals surface area contributed by atoms with E-state index in [1.54, 1.807) is 6.33 Å². The smallest absolute Gasteiger partial charge is 0.251 e. The predicted octanol–water partition coefficient (Wildman–Crippen LogP) is 4.34. The van der Waals surface area contributed by atoms with Gasteiger partial charge in [-0.1, -0.05) is 42.5 Å². The molecule has 0 spiro atoms. The molecule has 1 saturated heterocycles.